The molecule has 0 saturated heterocycles. The number of carbonyl (C=O) groups excluding carboxylic acids is 1. The highest BCUT2D eigenvalue weighted by Crippen LogP contribution is 2.40. The van der Waals surface area contributed by atoms with Crippen molar-refractivity contribution in [3.8, 4) is 5.75 Å². The van der Waals surface area contributed by atoms with Gasteiger partial charge < -0.3 is 21.2 Å². The molecule has 2 aromatic carbocycles. The highest BCUT2D eigenvalue weighted by Gasteiger charge is 2.26. The minimum atomic E-state index is -0.605. The van der Waals surface area contributed by atoms with E-state index in [0.29, 0.717) is 29.5 Å². The van der Waals surface area contributed by atoms with Gasteiger partial charge in [0, 0.05) is 34.9 Å². The van der Waals surface area contributed by atoms with Crippen molar-refractivity contribution in [1.29, 1.82) is 0 Å². The van der Waals surface area contributed by atoms with Crippen LogP contribution in [0.25, 0.3) is 0 Å². The number of urea groups is 1. The summed E-state index contributed by atoms with van der Waals surface area (Å²) in [4.78, 5) is 21.0. The van der Waals surface area contributed by atoms with Gasteiger partial charge in [0.1, 0.15) is 5.75 Å². The van der Waals surface area contributed by atoms with Crippen LogP contribution in [0.1, 0.15) is 29.2 Å². The van der Waals surface area contributed by atoms with Gasteiger partial charge in [0.25, 0.3) is 0 Å². The number of hydrogen-bond acceptors (Lipinski definition) is 4. The Labute approximate surface area is 179 Å². The Bertz CT molecular complexity index is 1010. The fourth-order valence-electron chi connectivity index (χ4n) is 3.55. The van der Waals surface area contributed by atoms with E-state index >= 15 is 0 Å². The Morgan fingerprint density at radius 3 is 2.69 bits per heavy atom. The first-order valence-corrected chi connectivity index (χ1v) is 9.29. The lowest BCUT2D eigenvalue weighted by Crippen LogP contribution is -2.31. The molecule has 0 radical (unpaired) electrons. The SMILES string of the molecule is Cl.NCc1ccc(N(C(N)=O)c2ccc3c(c2)C(c2cnc[nH]2)CCO3)cc1Cl. The van der Waals surface area contributed by atoms with Gasteiger partial charge >= 0.3 is 6.03 Å². The lowest BCUT2D eigenvalue weighted by Gasteiger charge is -2.28. The van der Waals surface area contributed by atoms with Crippen molar-refractivity contribution in [3.63, 3.8) is 0 Å². The Balaban J connectivity index is 0.00000240. The highest BCUT2D eigenvalue weighted by atomic mass is 35.5. The largest absolute Gasteiger partial charge is 0.493 e. The highest BCUT2D eigenvalue weighted by molar-refractivity contribution is 6.31. The predicted octanol–water partition coefficient (Wildman–Crippen LogP) is 4.07. The number of nitrogens with one attached hydrogen (secondary N) is 1. The first-order chi connectivity index (χ1) is 13.6. The molecule has 2 heterocycles. The summed E-state index contributed by atoms with van der Waals surface area (Å²) in [5, 5.41) is 0.489. The van der Waals surface area contributed by atoms with Crippen LogP contribution >= 0.6 is 24.0 Å². The zero-order chi connectivity index (χ0) is 19.7. The topological polar surface area (TPSA) is 110 Å². The van der Waals surface area contributed by atoms with Crippen molar-refractivity contribution in [2.75, 3.05) is 11.5 Å². The Morgan fingerprint density at radius 1 is 1.28 bits per heavy atom. The van der Waals surface area contributed by atoms with E-state index in [-0.39, 0.29) is 18.3 Å². The number of nitrogens with two attached hydrogens (primary N) is 2. The molecule has 152 valence electrons. The molecule has 5 N–H and O–H groups in total. The zero-order valence-corrected chi connectivity index (χ0v) is 17.0. The lowest BCUT2D eigenvalue weighted by atomic mass is 9.90. The molecule has 0 saturated carbocycles. The van der Waals surface area contributed by atoms with Gasteiger partial charge in [-0.3, -0.25) is 4.90 Å². The molecule has 0 fully saturated rings. The second-order valence-corrected chi connectivity index (χ2v) is 6.98. The minimum Gasteiger partial charge on any atom is -0.493 e. The fourth-order valence-corrected chi connectivity index (χ4v) is 3.80. The Morgan fingerprint density at radius 2 is 2.03 bits per heavy atom. The van der Waals surface area contributed by atoms with Crippen molar-refractivity contribution in [2.24, 2.45) is 11.5 Å². The standard InChI is InChI=1S/C20H20ClN5O2.ClH/c21-17-8-14(2-1-12(17)9-22)26(20(23)27)13-3-4-19-16(7-13)15(5-6-28-19)18-10-24-11-25-18;/h1-4,7-8,10-11,15H,5-6,9,22H2,(H2,23,27)(H,24,25);1H. The lowest BCUT2D eigenvalue weighted by molar-refractivity contribution is 0.256. The molecule has 0 bridgehead atoms. The molecule has 1 atom stereocenters. The first-order valence-electron chi connectivity index (χ1n) is 8.91. The van der Waals surface area contributed by atoms with Crippen LogP contribution in [0, 0.1) is 0 Å². The zero-order valence-electron chi connectivity index (χ0n) is 15.5. The molecule has 29 heavy (non-hydrogen) atoms. The van der Waals surface area contributed by atoms with Crippen LogP contribution in [-0.2, 0) is 6.54 Å². The molecule has 0 aliphatic carbocycles. The van der Waals surface area contributed by atoms with Crippen LogP contribution in [0.4, 0.5) is 16.2 Å². The van der Waals surface area contributed by atoms with E-state index in [4.69, 9.17) is 27.8 Å². The van der Waals surface area contributed by atoms with E-state index in [1.54, 1.807) is 24.5 Å². The summed E-state index contributed by atoms with van der Waals surface area (Å²) in [6.45, 7) is 0.934. The number of benzene rings is 2. The van der Waals surface area contributed by atoms with E-state index in [0.717, 1.165) is 29.0 Å². The predicted molar refractivity (Wildman–Crippen MR) is 115 cm³/mol. The molecule has 3 aromatic rings. The average Bonchev–Trinajstić information content (AvgIpc) is 3.22. The van der Waals surface area contributed by atoms with Crippen molar-refractivity contribution in [1.82, 2.24) is 9.97 Å². The number of hydrogen-bond donors (Lipinski definition) is 3. The van der Waals surface area contributed by atoms with Gasteiger partial charge in [-0.1, -0.05) is 17.7 Å². The van der Waals surface area contributed by atoms with Crippen LogP contribution in [0.3, 0.4) is 0 Å². The Hall–Kier alpha value is -2.74. The second-order valence-electron chi connectivity index (χ2n) is 6.57. The number of halogens is 2. The quantitative estimate of drug-likeness (QED) is 0.575. The number of carbonyl (C=O) groups is 1. The number of ether oxygens (including phenoxy) is 1. The number of fused-ring (bicyclic) bond motifs is 1. The summed E-state index contributed by atoms with van der Waals surface area (Å²) < 4.78 is 5.80. The molecule has 1 unspecified atom stereocenters. The molecule has 0 spiro atoms. The van der Waals surface area contributed by atoms with E-state index < -0.39 is 6.03 Å². The number of anilines is 2. The first kappa shape index (κ1) is 21.0. The molecule has 1 aliphatic rings. The number of rotatable bonds is 4. The molecule has 2 amide bonds. The molecule has 9 heteroatoms. The van der Waals surface area contributed by atoms with Crippen LogP contribution in [0.5, 0.6) is 5.75 Å². The maximum Gasteiger partial charge on any atom is 0.323 e. The van der Waals surface area contributed by atoms with Crippen molar-refractivity contribution in [2.45, 2.75) is 18.9 Å². The van der Waals surface area contributed by atoms with Crippen LogP contribution in [-0.4, -0.2) is 22.6 Å². The normalized spacial score (nSPS) is 15.0. The summed E-state index contributed by atoms with van der Waals surface area (Å²) in [5.41, 5.74) is 15.4. The van der Waals surface area contributed by atoms with Gasteiger partial charge in [-0.15, -0.1) is 12.4 Å². The van der Waals surface area contributed by atoms with E-state index in [9.17, 15) is 4.79 Å². The van der Waals surface area contributed by atoms with E-state index in [1.165, 1.54) is 4.90 Å². The maximum absolute atomic E-state index is 12.3. The number of primary amides is 1. The van der Waals surface area contributed by atoms with Crippen LogP contribution < -0.4 is 21.1 Å². The third-order valence-corrected chi connectivity index (χ3v) is 5.27. The maximum atomic E-state index is 12.3. The molecule has 1 aliphatic heterocycles. The molecule has 1 aromatic heterocycles. The van der Waals surface area contributed by atoms with Crippen LogP contribution in [0.2, 0.25) is 5.02 Å². The summed E-state index contributed by atoms with van der Waals surface area (Å²) in [5.74, 6) is 0.889. The number of aromatic nitrogens is 2. The second kappa shape index (κ2) is 8.73. The number of H-pyrrole nitrogens is 1. The number of amides is 2. The van der Waals surface area contributed by atoms with Gasteiger partial charge in [-0.25, -0.2) is 9.78 Å². The van der Waals surface area contributed by atoms with E-state index in [2.05, 4.69) is 9.97 Å². The number of nitrogens with zero attached hydrogens (tertiary/aromatic N) is 2. The summed E-state index contributed by atoms with van der Waals surface area (Å²) >= 11 is 6.28. The fraction of sp³-hybridized carbons (Fsp3) is 0.200. The van der Waals surface area contributed by atoms with Crippen LogP contribution in [0.15, 0.2) is 48.9 Å². The van der Waals surface area contributed by atoms with Gasteiger partial charge in [-0.05, 0) is 42.3 Å². The summed E-state index contributed by atoms with van der Waals surface area (Å²) in [7, 11) is 0. The smallest absolute Gasteiger partial charge is 0.323 e. The summed E-state index contributed by atoms with van der Waals surface area (Å²) in [6.07, 6.45) is 4.28. The van der Waals surface area contributed by atoms with Gasteiger partial charge in [0.05, 0.1) is 24.3 Å². The third kappa shape index (κ3) is 4.03. The molecular weight excluding hydrogens is 413 g/mol. The third-order valence-electron chi connectivity index (χ3n) is 4.92. The minimum absolute atomic E-state index is 0. The average molecular weight is 434 g/mol. The molecular formula is C20H21Cl2N5O2. The van der Waals surface area contributed by atoms with Crippen molar-refractivity contribution in [3.05, 3.63) is 70.8 Å². The summed E-state index contributed by atoms with van der Waals surface area (Å²) in [6, 6.07) is 10.3. The monoisotopic (exact) mass is 433 g/mol. The number of aromatic amines is 1. The molecule has 7 nitrogen and oxygen atoms in total. The Kier molecular flexibility index (Phi) is 6.32. The number of imidazole rings is 1. The van der Waals surface area contributed by atoms with Gasteiger partial charge in [0.15, 0.2) is 0 Å². The van der Waals surface area contributed by atoms with E-state index in [1.807, 2.05) is 24.4 Å². The van der Waals surface area contributed by atoms with Gasteiger partial charge in [0.2, 0.25) is 0 Å². The molecule has 4 rings (SSSR count). The van der Waals surface area contributed by atoms with Crippen molar-refractivity contribution < 1.29 is 9.53 Å². The van der Waals surface area contributed by atoms with Crippen molar-refractivity contribution >= 4 is 41.4 Å². The van der Waals surface area contributed by atoms with Gasteiger partial charge in [-0.2, -0.15) is 0 Å².